The second kappa shape index (κ2) is 5.71. The van der Waals surface area contributed by atoms with E-state index in [1.165, 1.54) is 6.42 Å². The lowest BCUT2D eigenvalue weighted by Gasteiger charge is -2.17. The summed E-state index contributed by atoms with van der Waals surface area (Å²) in [5.74, 6) is 1.50. The number of likely N-dealkylation sites (tertiary alicyclic amines) is 1. The van der Waals surface area contributed by atoms with Crippen LogP contribution in [0.15, 0.2) is 18.2 Å². The van der Waals surface area contributed by atoms with Gasteiger partial charge in [-0.15, -0.1) is 0 Å². The van der Waals surface area contributed by atoms with E-state index in [-0.39, 0.29) is 0 Å². The van der Waals surface area contributed by atoms with Gasteiger partial charge in [-0.1, -0.05) is 11.6 Å². The van der Waals surface area contributed by atoms with Crippen LogP contribution in [0, 0.1) is 5.92 Å². The summed E-state index contributed by atoms with van der Waals surface area (Å²) in [6.07, 6.45) is 1.19. The monoisotopic (exact) mass is 254 g/mol. The third-order valence-corrected chi connectivity index (χ3v) is 3.72. The first kappa shape index (κ1) is 12.7. The molecule has 0 saturated carbocycles. The third-order valence-electron chi connectivity index (χ3n) is 3.35. The molecule has 0 aromatic heterocycles. The van der Waals surface area contributed by atoms with Gasteiger partial charge in [-0.2, -0.15) is 0 Å². The molecule has 0 aliphatic carbocycles. The van der Waals surface area contributed by atoms with Crippen molar-refractivity contribution in [2.75, 3.05) is 26.7 Å². The van der Waals surface area contributed by atoms with Gasteiger partial charge in [-0.25, -0.2) is 0 Å². The van der Waals surface area contributed by atoms with Gasteiger partial charge in [0.25, 0.3) is 0 Å². The summed E-state index contributed by atoms with van der Waals surface area (Å²) >= 11 is 6.19. The van der Waals surface area contributed by atoms with Crippen LogP contribution < -0.4 is 10.5 Å². The minimum Gasteiger partial charge on any atom is -0.497 e. The highest BCUT2D eigenvalue weighted by Crippen LogP contribution is 2.25. The summed E-state index contributed by atoms with van der Waals surface area (Å²) < 4.78 is 5.22. The first-order valence-corrected chi connectivity index (χ1v) is 6.35. The fourth-order valence-electron chi connectivity index (χ4n) is 2.29. The van der Waals surface area contributed by atoms with Gasteiger partial charge in [-0.05, 0) is 49.2 Å². The molecule has 17 heavy (non-hydrogen) atoms. The highest BCUT2D eigenvalue weighted by atomic mass is 35.5. The Morgan fingerprint density at radius 2 is 2.35 bits per heavy atom. The number of methoxy groups -OCH3 is 1. The zero-order valence-corrected chi connectivity index (χ0v) is 10.9. The van der Waals surface area contributed by atoms with E-state index in [9.17, 15) is 0 Å². The van der Waals surface area contributed by atoms with Crippen molar-refractivity contribution in [1.82, 2.24) is 4.90 Å². The molecule has 2 N–H and O–H groups in total. The van der Waals surface area contributed by atoms with E-state index in [1.54, 1.807) is 7.11 Å². The van der Waals surface area contributed by atoms with Crippen molar-refractivity contribution in [1.29, 1.82) is 0 Å². The molecule has 1 aromatic rings. The lowest BCUT2D eigenvalue weighted by molar-refractivity contribution is 0.317. The standard InChI is InChI=1S/C13H19ClN2O/c1-17-12-2-3-13(14)11(6-12)9-16-5-4-10(7-15)8-16/h2-3,6,10H,4-5,7-9,15H2,1H3. The lowest BCUT2D eigenvalue weighted by Crippen LogP contribution is -2.22. The Morgan fingerprint density at radius 3 is 3.00 bits per heavy atom. The molecular weight excluding hydrogens is 236 g/mol. The zero-order valence-electron chi connectivity index (χ0n) is 10.2. The molecule has 1 aliphatic rings. The summed E-state index contributed by atoms with van der Waals surface area (Å²) in [6.45, 7) is 3.84. The molecule has 0 amide bonds. The summed E-state index contributed by atoms with van der Waals surface area (Å²) in [6, 6.07) is 5.79. The molecule has 1 aromatic carbocycles. The predicted molar refractivity (Wildman–Crippen MR) is 70.4 cm³/mol. The van der Waals surface area contributed by atoms with Crippen LogP contribution in [0.5, 0.6) is 5.75 Å². The fraction of sp³-hybridized carbons (Fsp3) is 0.538. The molecule has 94 valence electrons. The van der Waals surface area contributed by atoms with E-state index in [0.717, 1.165) is 42.5 Å². The van der Waals surface area contributed by atoms with Gasteiger partial charge in [0.05, 0.1) is 7.11 Å². The molecular formula is C13H19ClN2O. The van der Waals surface area contributed by atoms with Crippen molar-refractivity contribution in [2.24, 2.45) is 11.7 Å². The number of benzene rings is 1. The summed E-state index contributed by atoms with van der Waals surface area (Å²) in [5.41, 5.74) is 6.82. The van der Waals surface area contributed by atoms with Gasteiger partial charge in [-0.3, -0.25) is 4.90 Å². The molecule has 1 heterocycles. The van der Waals surface area contributed by atoms with Gasteiger partial charge in [0, 0.05) is 18.1 Å². The van der Waals surface area contributed by atoms with Crippen molar-refractivity contribution < 1.29 is 4.74 Å². The van der Waals surface area contributed by atoms with Gasteiger partial charge in [0.2, 0.25) is 0 Å². The fourth-order valence-corrected chi connectivity index (χ4v) is 2.47. The Bertz CT molecular complexity index is 384. The maximum Gasteiger partial charge on any atom is 0.119 e. The SMILES string of the molecule is COc1ccc(Cl)c(CN2CCC(CN)C2)c1. The van der Waals surface area contributed by atoms with Crippen LogP contribution in [0.25, 0.3) is 0 Å². The number of halogens is 1. The van der Waals surface area contributed by atoms with E-state index in [1.807, 2.05) is 18.2 Å². The Morgan fingerprint density at radius 1 is 1.53 bits per heavy atom. The van der Waals surface area contributed by atoms with E-state index < -0.39 is 0 Å². The number of rotatable bonds is 4. The molecule has 4 heteroatoms. The minimum absolute atomic E-state index is 0.638. The number of nitrogens with zero attached hydrogens (tertiary/aromatic N) is 1. The quantitative estimate of drug-likeness (QED) is 0.895. The Labute approximate surface area is 107 Å². The molecule has 3 nitrogen and oxygen atoms in total. The second-order valence-corrected chi connectivity index (χ2v) is 4.99. The highest BCUT2D eigenvalue weighted by molar-refractivity contribution is 6.31. The Hall–Kier alpha value is -0.770. The first-order chi connectivity index (χ1) is 8.22. The number of hydrogen-bond donors (Lipinski definition) is 1. The molecule has 0 radical (unpaired) electrons. The molecule has 1 saturated heterocycles. The van der Waals surface area contributed by atoms with Gasteiger partial charge in [0.1, 0.15) is 5.75 Å². The maximum absolute atomic E-state index is 6.19. The van der Waals surface area contributed by atoms with Crippen molar-refractivity contribution in [2.45, 2.75) is 13.0 Å². The Kier molecular flexibility index (Phi) is 4.26. The lowest BCUT2D eigenvalue weighted by atomic mass is 10.1. The second-order valence-electron chi connectivity index (χ2n) is 4.58. The van der Waals surface area contributed by atoms with Crippen molar-refractivity contribution in [3.63, 3.8) is 0 Å². The van der Waals surface area contributed by atoms with Crippen molar-refractivity contribution in [3.05, 3.63) is 28.8 Å². The average Bonchev–Trinajstić information content (AvgIpc) is 2.80. The molecule has 1 aliphatic heterocycles. The summed E-state index contributed by atoms with van der Waals surface area (Å²) in [4.78, 5) is 2.40. The van der Waals surface area contributed by atoms with Crippen LogP contribution in [0.4, 0.5) is 0 Å². The first-order valence-electron chi connectivity index (χ1n) is 5.97. The normalized spacial score (nSPS) is 20.8. The van der Waals surface area contributed by atoms with Crippen LogP contribution in [0.3, 0.4) is 0 Å². The van der Waals surface area contributed by atoms with Crippen LogP contribution in [0.1, 0.15) is 12.0 Å². The summed E-state index contributed by atoms with van der Waals surface area (Å²) in [5, 5.41) is 0.807. The highest BCUT2D eigenvalue weighted by Gasteiger charge is 2.21. The van der Waals surface area contributed by atoms with E-state index in [0.29, 0.717) is 5.92 Å². The van der Waals surface area contributed by atoms with E-state index in [2.05, 4.69) is 4.90 Å². The number of hydrogen-bond acceptors (Lipinski definition) is 3. The topological polar surface area (TPSA) is 38.5 Å². The van der Waals surface area contributed by atoms with Gasteiger partial charge in [0.15, 0.2) is 0 Å². The van der Waals surface area contributed by atoms with Crippen molar-refractivity contribution >= 4 is 11.6 Å². The molecule has 1 atom stereocenters. The largest absolute Gasteiger partial charge is 0.497 e. The number of nitrogens with two attached hydrogens (primary N) is 1. The average molecular weight is 255 g/mol. The van der Waals surface area contributed by atoms with Crippen LogP contribution in [0.2, 0.25) is 5.02 Å². The van der Waals surface area contributed by atoms with Gasteiger partial charge < -0.3 is 10.5 Å². The molecule has 0 bridgehead atoms. The Balaban J connectivity index is 2.03. The maximum atomic E-state index is 6.19. The van der Waals surface area contributed by atoms with Crippen LogP contribution in [-0.2, 0) is 6.54 Å². The van der Waals surface area contributed by atoms with E-state index in [4.69, 9.17) is 22.1 Å². The van der Waals surface area contributed by atoms with Crippen LogP contribution >= 0.6 is 11.6 Å². The zero-order chi connectivity index (χ0) is 12.3. The molecule has 0 spiro atoms. The predicted octanol–water partition coefficient (Wildman–Crippen LogP) is 2.13. The molecule has 1 unspecified atom stereocenters. The van der Waals surface area contributed by atoms with Gasteiger partial charge >= 0.3 is 0 Å². The van der Waals surface area contributed by atoms with Crippen molar-refractivity contribution in [3.8, 4) is 5.75 Å². The van der Waals surface area contributed by atoms with Crippen LogP contribution in [-0.4, -0.2) is 31.6 Å². The molecule has 1 fully saturated rings. The molecule has 2 rings (SSSR count). The summed E-state index contributed by atoms with van der Waals surface area (Å²) in [7, 11) is 1.67. The number of ether oxygens (including phenoxy) is 1. The third kappa shape index (κ3) is 3.12. The smallest absolute Gasteiger partial charge is 0.119 e. The minimum atomic E-state index is 0.638. The van der Waals surface area contributed by atoms with E-state index >= 15 is 0 Å².